The zero-order valence-electron chi connectivity index (χ0n) is 9.23. The summed E-state index contributed by atoms with van der Waals surface area (Å²) in [5.41, 5.74) is -0.803. The van der Waals surface area contributed by atoms with Crippen LogP contribution in [0.25, 0.3) is 0 Å². The average Bonchev–Trinajstić information content (AvgIpc) is 2.58. The third kappa shape index (κ3) is 2.32. The third-order valence-electron chi connectivity index (χ3n) is 2.85. The molecule has 0 saturated heterocycles. The van der Waals surface area contributed by atoms with Crippen LogP contribution in [0.5, 0.6) is 0 Å². The van der Waals surface area contributed by atoms with E-state index in [1.165, 1.54) is 6.20 Å². The second-order valence-electron chi connectivity index (χ2n) is 4.26. The zero-order valence-corrected chi connectivity index (χ0v) is 10.0. The molecule has 0 spiro atoms. The van der Waals surface area contributed by atoms with Crippen LogP contribution >= 0.6 is 0 Å². The highest BCUT2D eigenvalue weighted by molar-refractivity contribution is 7.88. The largest absolute Gasteiger partial charge is 0.477 e. The fourth-order valence-corrected chi connectivity index (χ4v) is 2.96. The molecule has 7 nitrogen and oxygen atoms in total. The Bertz CT molecular complexity index is 544. The molecule has 2 rings (SSSR count). The second kappa shape index (κ2) is 3.81. The molecule has 1 aromatic heterocycles. The molecule has 0 aromatic carbocycles. The van der Waals surface area contributed by atoms with Gasteiger partial charge in [-0.2, -0.15) is 0 Å². The number of aromatic carboxylic acids is 1. The van der Waals surface area contributed by atoms with Crippen molar-refractivity contribution >= 4 is 16.0 Å². The Hall–Kier alpha value is -1.41. The number of imidazole rings is 1. The number of H-pyrrole nitrogens is 1. The van der Waals surface area contributed by atoms with Gasteiger partial charge in [0.15, 0.2) is 0 Å². The van der Waals surface area contributed by atoms with E-state index in [9.17, 15) is 13.2 Å². The van der Waals surface area contributed by atoms with E-state index < -0.39 is 21.5 Å². The first kappa shape index (κ1) is 12.1. The van der Waals surface area contributed by atoms with E-state index in [-0.39, 0.29) is 5.69 Å². The summed E-state index contributed by atoms with van der Waals surface area (Å²) in [4.78, 5) is 17.3. The van der Waals surface area contributed by atoms with Gasteiger partial charge in [0.2, 0.25) is 10.0 Å². The third-order valence-corrected chi connectivity index (χ3v) is 3.61. The highest BCUT2D eigenvalue weighted by Gasteiger charge is 2.43. The molecule has 0 radical (unpaired) electrons. The van der Waals surface area contributed by atoms with Gasteiger partial charge in [0.05, 0.1) is 18.0 Å². The normalized spacial score (nSPS) is 18.6. The summed E-state index contributed by atoms with van der Waals surface area (Å²) in [6, 6.07) is 0. The molecular weight excluding hydrogens is 246 g/mol. The van der Waals surface area contributed by atoms with Gasteiger partial charge < -0.3 is 10.1 Å². The van der Waals surface area contributed by atoms with Crippen LogP contribution in [0.15, 0.2) is 6.20 Å². The SMILES string of the molecule is CS(=O)(=O)NC1(c2ncc(C(=O)O)[nH]2)CCC1. The summed E-state index contributed by atoms with van der Waals surface area (Å²) in [6.45, 7) is 0. The molecule has 3 N–H and O–H groups in total. The number of carboxylic acids is 1. The molecule has 17 heavy (non-hydrogen) atoms. The maximum Gasteiger partial charge on any atom is 0.353 e. The summed E-state index contributed by atoms with van der Waals surface area (Å²) in [5.74, 6) is -0.746. The van der Waals surface area contributed by atoms with Crippen molar-refractivity contribution in [3.8, 4) is 0 Å². The van der Waals surface area contributed by atoms with Crippen LogP contribution in [-0.2, 0) is 15.6 Å². The van der Waals surface area contributed by atoms with Gasteiger partial charge in [-0.1, -0.05) is 0 Å². The standard InChI is InChI=1S/C9H13N3O4S/c1-17(15,16)12-9(3-2-4-9)8-10-5-6(11-8)7(13)14/h5,12H,2-4H2,1H3,(H,10,11)(H,13,14). The predicted molar refractivity (Wildman–Crippen MR) is 59.1 cm³/mol. The van der Waals surface area contributed by atoms with Gasteiger partial charge in [0, 0.05) is 0 Å². The van der Waals surface area contributed by atoms with Gasteiger partial charge in [-0.05, 0) is 19.3 Å². The summed E-state index contributed by atoms with van der Waals surface area (Å²) >= 11 is 0. The van der Waals surface area contributed by atoms with Crippen molar-refractivity contribution in [2.24, 2.45) is 0 Å². The van der Waals surface area contributed by atoms with Crippen LogP contribution in [0, 0.1) is 0 Å². The number of hydrogen-bond donors (Lipinski definition) is 3. The van der Waals surface area contributed by atoms with Crippen LogP contribution in [0.3, 0.4) is 0 Å². The van der Waals surface area contributed by atoms with Crippen molar-refractivity contribution in [3.05, 3.63) is 17.7 Å². The van der Waals surface area contributed by atoms with Crippen molar-refractivity contribution in [1.82, 2.24) is 14.7 Å². The predicted octanol–water partition coefficient (Wildman–Crippen LogP) is 0.0363. The Morgan fingerprint density at radius 1 is 1.59 bits per heavy atom. The maximum absolute atomic E-state index is 11.3. The lowest BCUT2D eigenvalue weighted by Crippen LogP contribution is -2.51. The van der Waals surface area contributed by atoms with E-state index in [1.54, 1.807) is 0 Å². The molecule has 0 aliphatic heterocycles. The van der Waals surface area contributed by atoms with Gasteiger partial charge in [-0.3, -0.25) is 0 Å². The highest BCUT2D eigenvalue weighted by Crippen LogP contribution is 2.40. The van der Waals surface area contributed by atoms with E-state index in [1.807, 2.05) is 0 Å². The fourth-order valence-electron chi connectivity index (χ4n) is 1.95. The number of aromatic amines is 1. The van der Waals surface area contributed by atoms with Gasteiger partial charge >= 0.3 is 5.97 Å². The summed E-state index contributed by atoms with van der Waals surface area (Å²) in [7, 11) is -3.36. The molecule has 1 aromatic rings. The molecule has 0 atom stereocenters. The van der Waals surface area contributed by atoms with Crippen molar-refractivity contribution in [2.75, 3.05) is 6.26 Å². The van der Waals surface area contributed by atoms with E-state index in [2.05, 4.69) is 14.7 Å². The quantitative estimate of drug-likeness (QED) is 0.706. The average molecular weight is 259 g/mol. The molecule has 1 aliphatic carbocycles. The number of rotatable bonds is 4. The van der Waals surface area contributed by atoms with Crippen LogP contribution < -0.4 is 4.72 Å². The number of nitrogens with one attached hydrogen (secondary N) is 2. The number of nitrogens with zero attached hydrogens (tertiary/aromatic N) is 1. The second-order valence-corrected chi connectivity index (χ2v) is 6.01. The van der Waals surface area contributed by atoms with Gasteiger partial charge in [-0.25, -0.2) is 22.9 Å². The Kier molecular flexibility index (Phi) is 2.70. The van der Waals surface area contributed by atoms with Crippen LogP contribution in [0.1, 0.15) is 35.6 Å². The molecule has 0 bridgehead atoms. The van der Waals surface area contributed by atoms with E-state index in [0.29, 0.717) is 18.7 Å². The summed E-state index contributed by atoms with van der Waals surface area (Å²) in [6.07, 6.45) is 4.39. The molecule has 0 unspecified atom stereocenters. The van der Waals surface area contributed by atoms with Crippen molar-refractivity contribution < 1.29 is 18.3 Å². The Morgan fingerprint density at radius 3 is 2.59 bits per heavy atom. The minimum atomic E-state index is -3.36. The van der Waals surface area contributed by atoms with Gasteiger partial charge in [0.1, 0.15) is 11.5 Å². The van der Waals surface area contributed by atoms with E-state index in [0.717, 1.165) is 12.7 Å². The summed E-state index contributed by atoms with van der Waals surface area (Å²) < 4.78 is 25.1. The maximum atomic E-state index is 11.3. The molecule has 1 aliphatic rings. The van der Waals surface area contributed by atoms with E-state index >= 15 is 0 Å². The number of carboxylic acid groups (broad SMARTS) is 1. The number of carbonyl (C=O) groups is 1. The minimum absolute atomic E-state index is 0.0402. The van der Waals surface area contributed by atoms with Crippen molar-refractivity contribution in [2.45, 2.75) is 24.8 Å². The highest BCUT2D eigenvalue weighted by atomic mass is 32.2. The van der Waals surface area contributed by atoms with Crippen molar-refractivity contribution in [1.29, 1.82) is 0 Å². The van der Waals surface area contributed by atoms with Crippen molar-refractivity contribution in [3.63, 3.8) is 0 Å². The lowest BCUT2D eigenvalue weighted by Gasteiger charge is -2.39. The van der Waals surface area contributed by atoms with E-state index in [4.69, 9.17) is 5.11 Å². The first-order valence-electron chi connectivity index (χ1n) is 5.10. The summed E-state index contributed by atoms with van der Waals surface area (Å²) in [5, 5.41) is 8.78. The van der Waals surface area contributed by atoms with Crippen LogP contribution in [0.2, 0.25) is 0 Å². The smallest absolute Gasteiger partial charge is 0.353 e. The lowest BCUT2D eigenvalue weighted by molar-refractivity contribution is 0.0690. The topological polar surface area (TPSA) is 112 Å². The zero-order chi connectivity index (χ0) is 12.7. The molecular formula is C9H13N3O4S. The molecule has 1 saturated carbocycles. The molecule has 1 fully saturated rings. The molecule has 94 valence electrons. The van der Waals surface area contributed by atoms with Gasteiger partial charge in [0.25, 0.3) is 0 Å². The first-order valence-corrected chi connectivity index (χ1v) is 6.99. The van der Waals surface area contributed by atoms with Gasteiger partial charge in [-0.15, -0.1) is 0 Å². The number of aromatic nitrogens is 2. The minimum Gasteiger partial charge on any atom is -0.477 e. The number of hydrogen-bond acceptors (Lipinski definition) is 4. The Balaban J connectivity index is 2.31. The Morgan fingerprint density at radius 2 is 2.24 bits per heavy atom. The fraction of sp³-hybridized carbons (Fsp3) is 0.556. The monoisotopic (exact) mass is 259 g/mol. The van der Waals surface area contributed by atoms with Crippen LogP contribution in [-0.4, -0.2) is 35.7 Å². The molecule has 1 heterocycles. The molecule has 0 amide bonds. The Labute approximate surface area is 98.3 Å². The lowest BCUT2D eigenvalue weighted by atomic mass is 9.77. The van der Waals surface area contributed by atoms with Crippen LogP contribution in [0.4, 0.5) is 0 Å². The molecule has 8 heteroatoms. The first-order chi connectivity index (χ1) is 7.82. The number of sulfonamides is 1.